The summed E-state index contributed by atoms with van der Waals surface area (Å²) in [6, 6.07) is 0. The lowest BCUT2D eigenvalue weighted by atomic mass is 15.0. The first-order valence-electron chi connectivity index (χ1n) is 0.837. The quantitative estimate of drug-likeness (QED) is 0.309. The third kappa shape index (κ3) is 4.16. The SMILES string of the molecule is O=S(=O)(Cl)OO. The summed E-state index contributed by atoms with van der Waals surface area (Å²) in [7, 11) is 0.0833. The molecule has 0 radical (unpaired) electrons. The summed E-state index contributed by atoms with van der Waals surface area (Å²) in [6.07, 6.45) is 0. The fourth-order valence-corrected chi connectivity index (χ4v) is 0. The highest BCUT2D eigenvalue weighted by atomic mass is 35.7. The molecule has 0 amide bonds. The molecule has 0 aromatic rings. The maximum Gasteiger partial charge on any atom is 0.381 e. The van der Waals surface area contributed by atoms with Crippen LogP contribution >= 0.6 is 10.7 Å². The average molecular weight is 133 g/mol. The first-order valence-corrected chi connectivity index (χ1v) is 3.07. The van der Waals surface area contributed by atoms with Crippen LogP contribution in [0.15, 0.2) is 0 Å². The van der Waals surface area contributed by atoms with Gasteiger partial charge in [0.05, 0.1) is 10.7 Å². The van der Waals surface area contributed by atoms with E-state index in [1.54, 1.807) is 0 Å². The standard InChI is InChI=1S/ClHO4S/c1-6(3,4)5-2/h2H. The lowest BCUT2D eigenvalue weighted by Crippen LogP contribution is -1.88. The molecule has 0 rings (SSSR count). The predicted octanol–water partition coefficient (Wildman–Crippen LogP) is -0.0404. The Balaban J connectivity index is 3.85. The zero-order chi connectivity index (χ0) is 5.21. The van der Waals surface area contributed by atoms with Gasteiger partial charge in [-0.15, -0.1) is 0 Å². The highest BCUT2D eigenvalue weighted by Gasteiger charge is 1.98. The molecular weight excluding hydrogens is 132 g/mol. The van der Waals surface area contributed by atoms with Gasteiger partial charge in [-0.3, -0.25) is 0 Å². The van der Waals surface area contributed by atoms with E-state index in [2.05, 4.69) is 15.0 Å². The monoisotopic (exact) mass is 132 g/mol. The number of hydrogen-bond donors (Lipinski definition) is 1. The van der Waals surface area contributed by atoms with Gasteiger partial charge in [0, 0.05) is 0 Å². The third-order valence-corrected chi connectivity index (χ3v) is 0.436. The number of rotatable bonds is 1. The van der Waals surface area contributed by atoms with Crippen LogP contribution in [0.2, 0.25) is 0 Å². The van der Waals surface area contributed by atoms with Crippen LogP contribution in [0.25, 0.3) is 0 Å². The Morgan fingerprint density at radius 3 is 1.83 bits per heavy atom. The zero-order valence-corrected chi connectivity index (χ0v) is 4.03. The van der Waals surface area contributed by atoms with E-state index in [4.69, 9.17) is 5.26 Å². The summed E-state index contributed by atoms with van der Waals surface area (Å²) in [5.41, 5.74) is 0. The van der Waals surface area contributed by atoms with Gasteiger partial charge in [-0.2, -0.15) is 8.42 Å². The second-order valence-corrected chi connectivity index (χ2v) is 2.54. The number of halogens is 1. The van der Waals surface area contributed by atoms with Gasteiger partial charge in [0.25, 0.3) is 0 Å². The minimum absolute atomic E-state index is 2.68. The molecule has 4 nitrogen and oxygen atoms in total. The minimum Gasteiger partial charge on any atom is -0.234 e. The molecule has 0 aliphatic rings. The van der Waals surface area contributed by atoms with E-state index >= 15 is 0 Å². The summed E-state index contributed by atoms with van der Waals surface area (Å²) in [4.78, 5) is 0. The van der Waals surface area contributed by atoms with Crippen LogP contribution in [-0.2, 0) is 13.7 Å². The summed E-state index contributed by atoms with van der Waals surface area (Å²) in [5.74, 6) is 0. The Hall–Kier alpha value is 0.160. The number of hydrogen-bond acceptors (Lipinski definition) is 4. The molecule has 0 aromatic heterocycles. The van der Waals surface area contributed by atoms with E-state index in [9.17, 15) is 8.42 Å². The van der Waals surface area contributed by atoms with E-state index in [0.29, 0.717) is 0 Å². The third-order valence-electron chi connectivity index (χ3n) is 0.0890. The second kappa shape index (κ2) is 1.74. The van der Waals surface area contributed by atoms with Crippen LogP contribution in [0.3, 0.4) is 0 Å². The molecule has 1 N–H and O–H groups in total. The molecule has 0 bridgehead atoms. The Morgan fingerprint density at radius 2 is 1.83 bits per heavy atom. The van der Waals surface area contributed by atoms with Crippen molar-refractivity contribution < 1.29 is 18.0 Å². The molecule has 0 aliphatic carbocycles. The summed E-state index contributed by atoms with van der Waals surface area (Å²) < 4.78 is 21.3. The first kappa shape index (κ1) is 6.16. The smallest absolute Gasteiger partial charge is 0.234 e. The largest absolute Gasteiger partial charge is 0.381 e. The van der Waals surface area contributed by atoms with Gasteiger partial charge in [-0.05, 0) is 0 Å². The second-order valence-electron chi connectivity index (χ2n) is 0.468. The van der Waals surface area contributed by atoms with Crippen molar-refractivity contribution in [1.82, 2.24) is 0 Å². The minimum atomic E-state index is -4.13. The van der Waals surface area contributed by atoms with Gasteiger partial charge in [-0.25, -0.2) is 5.26 Å². The van der Waals surface area contributed by atoms with E-state index in [1.165, 1.54) is 0 Å². The van der Waals surface area contributed by atoms with Crippen molar-refractivity contribution in [1.29, 1.82) is 0 Å². The fraction of sp³-hybridized carbons (Fsp3) is 0. The zero-order valence-electron chi connectivity index (χ0n) is 2.46. The Kier molecular flexibility index (Phi) is 1.79. The summed E-state index contributed by atoms with van der Waals surface area (Å²) in [6.45, 7) is 0. The van der Waals surface area contributed by atoms with Gasteiger partial charge in [-0.1, -0.05) is 4.33 Å². The van der Waals surface area contributed by atoms with Crippen LogP contribution in [0.4, 0.5) is 0 Å². The van der Waals surface area contributed by atoms with Crippen molar-refractivity contribution in [3.05, 3.63) is 0 Å². The highest BCUT2D eigenvalue weighted by molar-refractivity contribution is 8.09. The average Bonchev–Trinajstić information content (AvgIpc) is 1.35. The molecule has 0 aromatic carbocycles. The van der Waals surface area contributed by atoms with E-state index < -0.39 is 9.33 Å². The molecule has 38 valence electrons. The van der Waals surface area contributed by atoms with Crippen molar-refractivity contribution in [2.24, 2.45) is 0 Å². The van der Waals surface area contributed by atoms with Crippen LogP contribution in [0.5, 0.6) is 0 Å². The normalized spacial score (nSPS) is 11.7. The van der Waals surface area contributed by atoms with Gasteiger partial charge in [0.15, 0.2) is 0 Å². The molecule has 0 atom stereocenters. The summed E-state index contributed by atoms with van der Waals surface area (Å²) >= 11 is 0. The van der Waals surface area contributed by atoms with Gasteiger partial charge in [0.2, 0.25) is 0 Å². The van der Waals surface area contributed by atoms with Crippen molar-refractivity contribution in [2.75, 3.05) is 0 Å². The van der Waals surface area contributed by atoms with Crippen molar-refractivity contribution in [3.8, 4) is 0 Å². The Labute approximate surface area is 38.9 Å². The van der Waals surface area contributed by atoms with Gasteiger partial charge in [0.1, 0.15) is 0 Å². The fourth-order valence-electron chi connectivity index (χ4n) is 0. The molecule has 6 heavy (non-hydrogen) atoms. The van der Waals surface area contributed by atoms with Crippen LogP contribution in [-0.4, -0.2) is 13.7 Å². The molecule has 0 saturated heterocycles. The van der Waals surface area contributed by atoms with E-state index in [1.807, 2.05) is 0 Å². The van der Waals surface area contributed by atoms with E-state index in [-0.39, 0.29) is 0 Å². The predicted molar refractivity (Wildman–Crippen MR) is 18.5 cm³/mol. The van der Waals surface area contributed by atoms with Gasteiger partial charge >= 0.3 is 9.33 Å². The van der Waals surface area contributed by atoms with Crippen LogP contribution < -0.4 is 0 Å². The molecular formula is HClO4S. The lowest BCUT2D eigenvalue weighted by molar-refractivity contribution is -0.127. The molecule has 0 saturated carbocycles. The topological polar surface area (TPSA) is 63.6 Å². The van der Waals surface area contributed by atoms with Crippen molar-refractivity contribution in [3.63, 3.8) is 0 Å². The highest BCUT2D eigenvalue weighted by Crippen LogP contribution is 1.92. The van der Waals surface area contributed by atoms with Crippen molar-refractivity contribution >= 4 is 20.0 Å². The van der Waals surface area contributed by atoms with Gasteiger partial charge < -0.3 is 0 Å². The van der Waals surface area contributed by atoms with Crippen LogP contribution in [0, 0.1) is 0 Å². The Morgan fingerprint density at radius 1 is 1.67 bits per heavy atom. The molecule has 0 aliphatic heterocycles. The molecule has 0 spiro atoms. The van der Waals surface area contributed by atoms with E-state index in [0.717, 1.165) is 0 Å². The molecule has 0 unspecified atom stereocenters. The van der Waals surface area contributed by atoms with Crippen molar-refractivity contribution in [2.45, 2.75) is 0 Å². The first-order chi connectivity index (χ1) is 2.56. The Bertz CT molecular complexity index is 110. The molecule has 6 heteroatoms. The molecule has 0 fully saturated rings. The summed E-state index contributed by atoms with van der Waals surface area (Å²) in [5, 5.41) is 7.18. The maximum atomic E-state index is 9.29. The molecule has 0 heterocycles. The maximum absolute atomic E-state index is 9.29. The lowest BCUT2D eigenvalue weighted by Gasteiger charge is -1.77. The van der Waals surface area contributed by atoms with Crippen LogP contribution in [0.1, 0.15) is 0 Å².